The van der Waals surface area contributed by atoms with Crippen molar-refractivity contribution in [3.8, 4) is 17.5 Å². The summed E-state index contributed by atoms with van der Waals surface area (Å²) in [6, 6.07) is 11.5. The first-order valence-electron chi connectivity index (χ1n) is 9.02. The van der Waals surface area contributed by atoms with Gasteiger partial charge in [-0.1, -0.05) is 36.4 Å². The number of rotatable bonds is 5. The third kappa shape index (κ3) is 3.77. The monoisotopic (exact) mass is 394 g/mol. The number of fused-ring (bicyclic) bond motifs is 1. The predicted molar refractivity (Wildman–Crippen MR) is 103 cm³/mol. The van der Waals surface area contributed by atoms with Gasteiger partial charge < -0.3 is 14.1 Å². The second kappa shape index (κ2) is 8.27. The molecular formula is C19H18N6O2S. The summed E-state index contributed by atoms with van der Waals surface area (Å²) in [4.78, 5) is 0. The number of benzene rings is 1. The van der Waals surface area contributed by atoms with Crippen molar-refractivity contribution in [2.75, 3.05) is 5.75 Å². The van der Waals surface area contributed by atoms with Crippen LogP contribution in [0.4, 0.5) is 0 Å². The van der Waals surface area contributed by atoms with Crippen molar-refractivity contribution in [3.63, 3.8) is 0 Å². The Labute approximate surface area is 165 Å². The van der Waals surface area contributed by atoms with E-state index in [0.29, 0.717) is 16.9 Å². The zero-order chi connectivity index (χ0) is 19.3. The number of allylic oxidation sites excluding steroid dienone is 1. The Morgan fingerprint density at radius 3 is 2.82 bits per heavy atom. The number of nitrogens with zero attached hydrogens (tertiary/aromatic N) is 6. The molecular weight excluding hydrogens is 376 g/mol. The van der Waals surface area contributed by atoms with Gasteiger partial charge in [0.1, 0.15) is 23.2 Å². The van der Waals surface area contributed by atoms with Crippen molar-refractivity contribution < 1.29 is 9.52 Å². The van der Waals surface area contributed by atoms with Crippen molar-refractivity contribution >= 4 is 17.3 Å². The summed E-state index contributed by atoms with van der Waals surface area (Å²) >= 11 is 1.17. The van der Waals surface area contributed by atoms with Gasteiger partial charge in [-0.2, -0.15) is 5.26 Å². The number of nitriles is 1. The van der Waals surface area contributed by atoms with Crippen LogP contribution in [0.15, 0.2) is 45.7 Å². The number of aromatic nitrogens is 5. The maximum Gasteiger partial charge on any atom is 0.277 e. The number of hydrogen-bond donors (Lipinski definition) is 1. The van der Waals surface area contributed by atoms with Gasteiger partial charge in [-0.25, -0.2) is 0 Å². The molecule has 3 aromatic rings. The average molecular weight is 394 g/mol. The minimum Gasteiger partial charge on any atom is -0.510 e. The Morgan fingerprint density at radius 2 is 2.00 bits per heavy atom. The van der Waals surface area contributed by atoms with Gasteiger partial charge in [0.05, 0.1) is 5.75 Å². The summed E-state index contributed by atoms with van der Waals surface area (Å²) in [5, 5.41) is 36.8. The van der Waals surface area contributed by atoms with Gasteiger partial charge in [-0.05, 0) is 25.0 Å². The molecule has 0 radical (unpaired) electrons. The van der Waals surface area contributed by atoms with Gasteiger partial charge in [-0.15, -0.1) is 20.4 Å². The lowest BCUT2D eigenvalue weighted by Gasteiger charge is -2.07. The highest BCUT2D eigenvalue weighted by molar-refractivity contribution is 7.99. The molecule has 1 aliphatic rings. The molecule has 1 aliphatic heterocycles. The first kappa shape index (κ1) is 18.3. The Bertz CT molecular complexity index is 1030. The third-order valence-electron chi connectivity index (χ3n) is 4.49. The molecule has 28 heavy (non-hydrogen) atoms. The van der Waals surface area contributed by atoms with Crippen molar-refractivity contribution in [3.05, 3.63) is 47.7 Å². The molecule has 0 amide bonds. The topological polar surface area (TPSA) is 114 Å². The van der Waals surface area contributed by atoms with Gasteiger partial charge in [0.25, 0.3) is 5.22 Å². The van der Waals surface area contributed by atoms with E-state index in [1.165, 1.54) is 11.8 Å². The standard InChI is InChI=1S/C19H18N6O2S/c20-11-14(17-22-21-16-9-5-2-6-10-25(16)17)15(26)12-28-19-24-23-18(27-19)13-7-3-1-4-8-13/h1,3-4,7-8,26H,2,5-6,9-10,12H2/b15-14-. The van der Waals surface area contributed by atoms with E-state index in [9.17, 15) is 10.4 Å². The summed E-state index contributed by atoms with van der Waals surface area (Å²) in [5.74, 6) is 1.75. The van der Waals surface area contributed by atoms with E-state index in [1.54, 1.807) is 0 Å². The third-order valence-corrected chi connectivity index (χ3v) is 5.32. The molecule has 1 N–H and O–H groups in total. The van der Waals surface area contributed by atoms with Gasteiger partial charge in [0, 0.05) is 18.5 Å². The van der Waals surface area contributed by atoms with E-state index in [0.717, 1.165) is 43.6 Å². The Hall–Kier alpha value is -3.12. The summed E-state index contributed by atoms with van der Waals surface area (Å²) in [7, 11) is 0. The number of aliphatic hydroxyl groups excluding tert-OH is 1. The number of thioether (sulfide) groups is 1. The van der Waals surface area contributed by atoms with Crippen molar-refractivity contribution in [1.29, 1.82) is 5.26 Å². The second-order valence-electron chi connectivity index (χ2n) is 6.36. The highest BCUT2D eigenvalue weighted by atomic mass is 32.2. The zero-order valence-corrected chi connectivity index (χ0v) is 15.9. The largest absolute Gasteiger partial charge is 0.510 e. The lowest BCUT2D eigenvalue weighted by Crippen LogP contribution is -2.07. The number of aryl methyl sites for hydroxylation is 1. The summed E-state index contributed by atoms with van der Waals surface area (Å²) in [5.41, 5.74) is 0.960. The zero-order valence-electron chi connectivity index (χ0n) is 15.1. The Balaban J connectivity index is 1.51. The first-order chi connectivity index (χ1) is 13.8. The predicted octanol–water partition coefficient (Wildman–Crippen LogP) is 3.64. The summed E-state index contributed by atoms with van der Waals surface area (Å²) in [6.45, 7) is 0.757. The van der Waals surface area contributed by atoms with Crippen LogP contribution in [-0.2, 0) is 13.0 Å². The van der Waals surface area contributed by atoms with E-state index >= 15 is 0 Å². The average Bonchev–Trinajstić information content (AvgIpc) is 3.29. The van der Waals surface area contributed by atoms with E-state index < -0.39 is 0 Å². The fourth-order valence-electron chi connectivity index (χ4n) is 3.08. The van der Waals surface area contributed by atoms with Crippen LogP contribution in [0.3, 0.4) is 0 Å². The molecule has 4 rings (SSSR count). The lowest BCUT2D eigenvalue weighted by molar-refractivity contribution is 0.418. The highest BCUT2D eigenvalue weighted by Gasteiger charge is 2.21. The van der Waals surface area contributed by atoms with Gasteiger partial charge in [0.15, 0.2) is 5.82 Å². The molecule has 3 heterocycles. The SMILES string of the molecule is N#C/C(=C(/O)CSc1nnc(-c2ccccc2)o1)c1nnc2n1CCCCC2. The maximum absolute atomic E-state index is 10.5. The highest BCUT2D eigenvalue weighted by Crippen LogP contribution is 2.27. The molecule has 2 aromatic heterocycles. The molecule has 142 valence electrons. The van der Waals surface area contributed by atoms with E-state index in [2.05, 4.69) is 26.5 Å². The van der Waals surface area contributed by atoms with Crippen LogP contribution < -0.4 is 0 Å². The normalized spacial score (nSPS) is 14.7. The minimum absolute atomic E-state index is 0.0774. The molecule has 0 atom stereocenters. The van der Waals surface area contributed by atoms with Crippen LogP contribution in [0.2, 0.25) is 0 Å². The lowest BCUT2D eigenvalue weighted by atomic mass is 10.2. The fourth-order valence-corrected chi connectivity index (χ4v) is 3.72. The number of aliphatic hydroxyl groups is 1. The van der Waals surface area contributed by atoms with Crippen LogP contribution >= 0.6 is 11.8 Å². The fraction of sp³-hybridized carbons (Fsp3) is 0.316. The summed E-state index contributed by atoms with van der Waals surface area (Å²) in [6.07, 6.45) is 4.03. The first-order valence-corrected chi connectivity index (χ1v) is 10.0. The minimum atomic E-state index is -0.0774. The van der Waals surface area contributed by atoms with E-state index in [1.807, 2.05) is 34.9 Å². The summed E-state index contributed by atoms with van der Waals surface area (Å²) < 4.78 is 7.56. The van der Waals surface area contributed by atoms with Crippen LogP contribution in [0.1, 0.15) is 30.9 Å². The molecule has 9 heteroatoms. The molecule has 0 bridgehead atoms. The van der Waals surface area contributed by atoms with Crippen LogP contribution in [0, 0.1) is 11.3 Å². The quantitative estimate of drug-likeness (QED) is 0.396. The van der Waals surface area contributed by atoms with Crippen LogP contribution in [-0.4, -0.2) is 35.8 Å². The van der Waals surface area contributed by atoms with Crippen molar-refractivity contribution in [1.82, 2.24) is 25.0 Å². The van der Waals surface area contributed by atoms with E-state index in [-0.39, 0.29) is 17.1 Å². The molecule has 1 aromatic carbocycles. The van der Waals surface area contributed by atoms with Gasteiger partial charge >= 0.3 is 0 Å². The Morgan fingerprint density at radius 1 is 1.14 bits per heavy atom. The molecule has 0 fully saturated rings. The van der Waals surface area contributed by atoms with Crippen LogP contribution in [0.25, 0.3) is 17.0 Å². The Kier molecular flexibility index (Phi) is 5.39. The van der Waals surface area contributed by atoms with Crippen LogP contribution in [0.5, 0.6) is 0 Å². The smallest absolute Gasteiger partial charge is 0.277 e. The van der Waals surface area contributed by atoms with Gasteiger partial charge in [-0.3, -0.25) is 0 Å². The number of hydrogen-bond acceptors (Lipinski definition) is 8. The maximum atomic E-state index is 10.5. The molecule has 0 aliphatic carbocycles. The van der Waals surface area contributed by atoms with Crippen molar-refractivity contribution in [2.24, 2.45) is 0 Å². The molecule has 0 saturated carbocycles. The van der Waals surface area contributed by atoms with Gasteiger partial charge in [0.2, 0.25) is 5.89 Å². The molecule has 0 saturated heterocycles. The van der Waals surface area contributed by atoms with E-state index in [4.69, 9.17) is 4.42 Å². The molecule has 0 unspecified atom stereocenters. The molecule has 8 nitrogen and oxygen atoms in total. The second-order valence-corrected chi connectivity index (χ2v) is 7.29. The van der Waals surface area contributed by atoms with Crippen molar-refractivity contribution in [2.45, 2.75) is 37.5 Å². The molecule has 0 spiro atoms.